The Kier molecular flexibility index (Phi) is 20.0. The van der Waals surface area contributed by atoms with Crippen LogP contribution in [0.4, 0.5) is 4.79 Å². The van der Waals surface area contributed by atoms with E-state index in [0.29, 0.717) is 5.01 Å². The quantitative estimate of drug-likeness (QED) is 0.0170. The first kappa shape index (κ1) is 61.7. The van der Waals surface area contributed by atoms with Gasteiger partial charge in [0.15, 0.2) is 19.8 Å². The summed E-state index contributed by atoms with van der Waals surface area (Å²) in [6.45, 7) is 17.9. The van der Waals surface area contributed by atoms with E-state index in [4.69, 9.17) is 29.0 Å². The second kappa shape index (κ2) is 26.9. The smallest absolute Gasteiger partial charge is 0.408 e. The number of nitrogens with two attached hydrogens (primary N) is 1. The molecule has 0 unspecified atom stereocenters. The number of aromatic nitrogens is 4. The maximum Gasteiger partial charge on any atom is 0.408 e. The predicted octanol–water partition coefficient (Wildman–Crippen LogP) is 12.7. The van der Waals surface area contributed by atoms with E-state index in [1.807, 2.05) is 54.6 Å². The number of pyridine rings is 1. The van der Waals surface area contributed by atoms with E-state index in [2.05, 4.69) is 105 Å². The Balaban J connectivity index is 1.25. The zero-order chi connectivity index (χ0) is 59.6. The fourth-order valence-electron chi connectivity index (χ4n) is 10.1. The van der Waals surface area contributed by atoms with Gasteiger partial charge < -0.3 is 34.8 Å². The molecule has 3 amide bonds. The van der Waals surface area contributed by atoms with Crippen LogP contribution in [0.15, 0.2) is 155 Å². The molecular formula is C60H63N7O10S5Si. The lowest BCUT2D eigenvalue weighted by molar-refractivity contribution is -0.120. The van der Waals surface area contributed by atoms with Gasteiger partial charge in [-0.1, -0.05) is 163 Å². The molecule has 0 saturated carbocycles. The summed E-state index contributed by atoms with van der Waals surface area (Å²) in [5, 5.41) is 20.8. The standard InChI is InChI=1S/C60H63N7O10S5Si/c1-9-29-75-59(72)66-48(35-81-60(40-19-13-10-14-20-40,41-21-15-11-16-22-41)42-23-17-12-18-24-42)56-63-46(32-79-56)51-44(55-65-49(34-78-55)58(70)71)30-50(77-82(73,74)43-27-25-39(8)26-28-43)52(67-51)57-64-47(33-80-57)54(69)62-45(53(61)68)31-76-83(36(2)3,37(4)5)38(6)7/h9-28,30,32-34,36-38,45,48H,1,29,31,35H2,2-8H3,(H2,61,68)(H,62,69)(H,66,72)(H,70,71)/t45-,48-/m0/s1. The number of thiazole rings is 3. The summed E-state index contributed by atoms with van der Waals surface area (Å²) in [5.74, 6) is -2.98. The van der Waals surface area contributed by atoms with Gasteiger partial charge in [-0.15, -0.1) is 45.8 Å². The van der Waals surface area contributed by atoms with Crippen LogP contribution in [0.1, 0.15) is 95.8 Å². The lowest BCUT2D eigenvalue weighted by atomic mass is 9.84. The third-order valence-electron chi connectivity index (χ3n) is 13.9. The number of alkyl carbamates (subject to hydrolysis) is 1. The molecule has 4 aromatic carbocycles. The summed E-state index contributed by atoms with van der Waals surface area (Å²) < 4.78 is 45.8. The highest BCUT2D eigenvalue weighted by Gasteiger charge is 2.46. The molecule has 17 nitrogen and oxygen atoms in total. The molecule has 0 radical (unpaired) electrons. The second-order valence-corrected chi connectivity index (χ2v) is 31.1. The van der Waals surface area contributed by atoms with E-state index in [1.54, 1.807) is 36.2 Å². The third-order valence-corrected chi connectivity index (χ3v) is 25.6. The van der Waals surface area contributed by atoms with Crippen molar-refractivity contribution in [1.82, 2.24) is 30.6 Å². The Labute approximate surface area is 500 Å². The first-order valence-electron chi connectivity index (χ1n) is 26.4. The Bertz CT molecular complexity index is 3570. The molecule has 4 aromatic heterocycles. The van der Waals surface area contributed by atoms with Gasteiger partial charge in [-0.05, 0) is 58.4 Å². The Morgan fingerprint density at radius 2 is 1.29 bits per heavy atom. The molecule has 8 rings (SSSR count). The minimum atomic E-state index is -4.61. The average molecular weight is 1230 g/mol. The van der Waals surface area contributed by atoms with Crippen molar-refractivity contribution in [3.05, 3.63) is 189 Å². The zero-order valence-electron chi connectivity index (χ0n) is 46.6. The fraction of sp³-hybridized carbons (Fsp3) is 0.267. The Morgan fingerprint density at radius 1 is 0.735 bits per heavy atom. The van der Waals surface area contributed by atoms with Crippen LogP contribution in [0.25, 0.3) is 32.7 Å². The number of hydrogen-bond acceptors (Lipinski definition) is 17. The number of rotatable bonds is 26. The van der Waals surface area contributed by atoms with Gasteiger partial charge in [0.05, 0.1) is 17.4 Å². The van der Waals surface area contributed by atoms with Gasteiger partial charge >= 0.3 is 22.2 Å². The molecule has 4 heterocycles. The Hall–Kier alpha value is -7.38. The number of thioether (sulfide) groups is 1. The van der Waals surface area contributed by atoms with Crippen LogP contribution >= 0.6 is 45.8 Å². The van der Waals surface area contributed by atoms with Crippen LogP contribution in [-0.2, 0) is 28.8 Å². The molecule has 0 aliphatic heterocycles. The molecule has 2 atom stereocenters. The predicted molar refractivity (Wildman–Crippen MR) is 330 cm³/mol. The number of nitrogens with zero attached hydrogens (tertiary/aromatic N) is 4. The number of carbonyl (C=O) groups is 4. The number of carboxylic acids is 1. The molecule has 0 aliphatic rings. The number of amides is 3. The van der Waals surface area contributed by atoms with Gasteiger partial charge in [-0.25, -0.2) is 29.5 Å². The molecule has 8 aromatic rings. The van der Waals surface area contributed by atoms with Crippen LogP contribution in [0, 0.1) is 6.92 Å². The summed E-state index contributed by atoms with van der Waals surface area (Å²) >= 11 is 4.70. The van der Waals surface area contributed by atoms with E-state index in [9.17, 15) is 32.7 Å². The first-order chi connectivity index (χ1) is 39.7. The summed E-state index contributed by atoms with van der Waals surface area (Å²) in [7, 11) is -7.12. The van der Waals surface area contributed by atoms with Crippen LogP contribution in [0.5, 0.6) is 5.75 Å². The minimum absolute atomic E-state index is 0.0237. The monoisotopic (exact) mass is 1230 g/mol. The molecule has 0 spiro atoms. The van der Waals surface area contributed by atoms with Crippen molar-refractivity contribution in [2.24, 2.45) is 5.73 Å². The van der Waals surface area contributed by atoms with Crippen LogP contribution in [-0.4, -0.2) is 90.7 Å². The van der Waals surface area contributed by atoms with Crippen molar-refractivity contribution < 1.29 is 46.0 Å². The molecule has 0 saturated heterocycles. The van der Waals surface area contributed by atoms with Gasteiger partial charge in [0.25, 0.3) is 5.91 Å². The number of carbonyl (C=O) groups excluding carboxylic acids is 3. The van der Waals surface area contributed by atoms with Crippen LogP contribution in [0.3, 0.4) is 0 Å². The van der Waals surface area contributed by atoms with Gasteiger partial charge in [-0.2, -0.15) is 8.42 Å². The normalized spacial score (nSPS) is 12.7. The fourth-order valence-corrected chi connectivity index (χ4v) is 20.6. The Morgan fingerprint density at radius 3 is 1.82 bits per heavy atom. The topological polar surface area (TPSA) is 252 Å². The summed E-state index contributed by atoms with van der Waals surface area (Å²) in [6.07, 6.45) is 0.729. The van der Waals surface area contributed by atoms with Crippen LogP contribution in [0.2, 0.25) is 16.6 Å². The largest absolute Gasteiger partial charge is 0.476 e. The molecule has 432 valence electrons. The van der Waals surface area contributed by atoms with Crippen molar-refractivity contribution in [3.63, 3.8) is 0 Å². The van der Waals surface area contributed by atoms with E-state index >= 15 is 0 Å². The van der Waals surface area contributed by atoms with Crippen molar-refractivity contribution in [1.29, 1.82) is 0 Å². The maximum atomic E-state index is 14.2. The summed E-state index contributed by atoms with van der Waals surface area (Å²) in [4.78, 5) is 72.1. The number of benzene rings is 4. The molecule has 0 bridgehead atoms. The van der Waals surface area contributed by atoms with E-state index in [1.165, 1.54) is 46.4 Å². The summed E-state index contributed by atoms with van der Waals surface area (Å²) in [5.41, 5.74) is 10.1. The second-order valence-electron chi connectivity index (χ2n) is 20.3. The first-order valence-corrected chi connectivity index (χ1v) is 33.6. The number of hydrogen-bond donors (Lipinski definition) is 4. The SMILES string of the molecule is C=CCOC(=O)N[C@@H](CSC(c1ccccc1)(c1ccccc1)c1ccccc1)c1nc(-c2nc(-c3nc(C(=O)N[C@@H](CO[Si](C(C)C)(C(C)C)C(C)C)C(N)=O)cs3)c(OS(=O)(=O)c3ccc(C)cc3)cc2-c2nc(C(=O)O)cs2)cs1. The van der Waals surface area contributed by atoms with Crippen molar-refractivity contribution in [2.45, 2.75) is 86.8 Å². The number of primary amides is 1. The number of aromatic carboxylic acids is 1. The molecule has 83 heavy (non-hydrogen) atoms. The molecular weight excluding hydrogens is 1170 g/mol. The number of nitrogens with one attached hydrogen (secondary N) is 2. The van der Waals surface area contributed by atoms with Crippen molar-refractivity contribution >= 4 is 88.1 Å². The third kappa shape index (κ3) is 13.8. The number of carboxylic acid groups (broad SMARTS) is 1. The highest BCUT2D eigenvalue weighted by Crippen LogP contribution is 2.50. The van der Waals surface area contributed by atoms with E-state index in [0.717, 1.165) is 44.9 Å². The number of aryl methyl sites for hydroxylation is 1. The maximum absolute atomic E-state index is 14.2. The van der Waals surface area contributed by atoms with Gasteiger partial charge in [0, 0.05) is 27.5 Å². The molecule has 23 heteroatoms. The molecule has 0 fully saturated rings. The van der Waals surface area contributed by atoms with Crippen LogP contribution < -0.4 is 20.6 Å². The number of ether oxygens (including phenoxy) is 1. The average Bonchev–Trinajstić information content (AvgIpc) is 3.48. The highest BCUT2D eigenvalue weighted by atomic mass is 32.2. The van der Waals surface area contributed by atoms with Crippen molar-refractivity contribution in [2.75, 3.05) is 19.0 Å². The van der Waals surface area contributed by atoms with E-state index < -0.39 is 59.1 Å². The van der Waals surface area contributed by atoms with Gasteiger partial charge in [0.2, 0.25) is 5.91 Å². The van der Waals surface area contributed by atoms with Crippen molar-refractivity contribution in [3.8, 4) is 38.4 Å². The van der Waals surface area contributed by atoms with Gasteiger partial charge in [0.1, 0.15) is 55.3 Å². The van der Waals surface area contributed by atoms with E-state index in [-0.39, 0.29) is 90.3 Å². The molecule has 0 aliphatic carbocycles. The minimum Gasteiger partial charge on any atom is -0.476 e. The molecule has 5 N–H and O–H groups in total. The lowest BCUT2D eigenvalue weighted by Gasteiger charge is -2.42. The lowest BCUT2D eigenvalue weighted by Crippen LogP contribution is -2.54. The highest BCUT2D eigenvalue weighted by molar-refractivity contribution is 8.00. The summed E-state index contributed by atoms with van der Waals surface area (Å²) in [6, 6.07) is 35.5. The zero-order valence-corrected chi connectivity index (χ0v) is 51.7. The van der Waals surface area contributed by atoms with Gasteiger partial charge in [-0.3, -0.25) is 9.59 Å².